The molecule has 2 heterocycles. The van der Waals surface area contributed by atoms with Crippen molar-refractivity contribution in [3.05, 3.63) is 58.3 Å². The normalized spacial score (nSPS) is 18.2. The van der Waals surface area contributed by atoms with Gasteiger partial charge in [0.15, 0.2) is 0 Å². The highest BCUT2D eigenvalue weighted by atomic mass is 32.1. The predicted molar refractivity (Wildman–Crippen MR) is 102 cm³/mol. The van der Waals surface area contributed by atoms with Crippen molar-refractivity contribution in [1.82, 2.24) is 9.80 Å². The Kier molecular flexibility index (Phi) is 6.41. The van der Waals surface area contributed by atoms with Crippen molar-refractivity contribution >= 4 is 23.2 Å². The number of thiophene rings is 1. The molecule has 1 saturated heterocycles. The number of aryl methyl sites for hydroxylation is 1. The van der Waals surface area contributed by atoms with E-state index in [1.807, 2.05) is 45.5 Å². The number of aliphatic carboxylic acids is 1. The quantitative estimate of drug-likeness (QED) is 0.774. The number of carbonyl (C=O) groups is 2. The van der Waals surface area contributed by atoms with Crippen molar-refractivity contribution in [1.29, 1.82) is 0 Å². The zero-order chi connectivity index (χ0) is 18.4. The predicted octanol–water partition coefficient (Wildman–Crippen LogP) is 2.87. The van der Waals surface area contributed by atoms with Crippen LogP contribution in [0.1, 0.15) is 23.3 Å². The number of benzene rings is 1. The number of carboxylic acids is 1. The van der Waals surface area contributed by atoms with Crippen LogP contribution in [0.2, 0.25) is 0 Å². The second-order valence-electron chi connectivity index (χ2n) is 6.58. The van der Waals surface area contributed by atoms with Crippen molar-refractivity contribution in [3.8, 4) is 0 Å². The molecule has 1 aliphatic rings. The van der Waals surface area contributed by atoms with Crippen molar-refractivity contribution in [2.24, 2.45) is 0 Å². The van der Waals surface area contributed by atoms with Gasteiger partial charge in [0.05, 0.1) is 6.42 Å². The van der Waals surface area contributed by atoms with Crippen LogP contribution in [-0.4, -0.2) is 52.5 Å². The fraction of sp³-hybridized carbons (Fsp3) is 0.400. The van der Waals surface area contributed by atoms with Crippen LogP contribution in [0.4, 0.5) is 0 Å². The molecule has 0 spiro atoms. The third-order valence-corrected chi connectivity index (χ3v) is 5.60. The Morgan fingerprint density at radius 3 is 2.65 bits per heavy atom. The molecule has 1 aliphatic heterocycles. The van der Waals surface area contributed by atoms with Gasteiger partial charge in [-0.3, -0.25) is 14.5 Å². The molecule has 0 aliphatic carbocycles. The summed E-state index contributed by atoms with van der Waals surface area (Å²) in [6.45, 7) is 2.69. The molecule has 26 heavy (non-hydrogen) atoms. The molecule has 138 valence electrons. The first-order chi connectivity index (χ1) is 12.6. The van der Waals surface area contributed by atoms with E-state index < -0.39 is 12.0 Å². The molecule has 1 aromatic carbocycles. The lowest BCUT2D eigenvalue weighted by Gasteiger charge is -2.40. The maximum absolute atomic E-state index is 12.9. The number of rotatable bonds is 8. The molecule has 6 heteroatoms. The zero-order valence-corrected chi connectivity index (χ0v) is 15.5. The number of carbonyl (C=O) groups excluding carboxylic acids is 1. The zero-order valence-electron chi connectivity index (χ0n) is 14.7. The van der Waals surface area contributed by atoms with E-state index in [1.54, 1.807) is 11.3 Å². The van der Waals surface area contributed by atoms with Crippen LogP contribution in [0.15, 0.2) is 47.8 Å². The number of piperazine rings is 1. The lowest BCUT2D eigenvalue weighted by Crippen LogP contribution is -2.57. The van der Waals surface area contributed by atoms with Gasteiger partial charge in [-0.2, -0.15) is 0 Å². The van der Waals surface area contributed by atoms with Gasteiger partial charge in [0, 0.05) is 31.1 Å². The second kappa shape index (κ2) is 8.96. The second-order valence-corrected chi connectivity index (χ2v) is 7.61. The molecule has 0 bridgehead atoms. The van der Waals surface area contributed by atoms with Crippen LogP contribution in [0, 0.1) is 0 Å². The van der Waals surface area contributed by atoms with Gasteiger partial charge in [-0.05, 0) is 29.9 Å². The molecule has 1 fully saturated rings. The number of amides is 1. The van der Waals surface area contributed by atoms with Crippen LogP contribution in [0.25, 0.3) is 0 Å². The van der Waals surface area contributed by atoms with E-state index in [4.69, 9.17) is 0 Å². The fourth-order valence-electron chi connectivity index (χ4n) is 3.40. The first-order valence-corrected chi connectivity index (χ1v) is 9.82. The summed E-state index contributed by atoms with van der Waals surface area (Å²) in [6, 6.07) is 13.7. The Morgan fingerprint density at radius 2 is 1.96 bits per heavy atom. The van der Waals surface area contributed by atoms with E-state index in [0.717, 1.165) is 17.7 Å². The maximum Gasteiger partial charge on any atom is 0.305 e. The van der Waals surface area contributed by atoms with Crippen LogP contribution in [-0.2, 0) is 22.6 Å². The summed E-state index contributed by atoms with van der Waals surface area (Å²) in [7, 11) is 0. The highest BCUT2D eigenvalue weighted by Crippen LogP contribution is 2.20. The molecule has 1 aromatic heterocycles. The molecule has 1 atom stereocenters. The third-order valence-electron chi connectivity index (χ3n) is 4.74. The lowest BCUT2D eigenvalue weighted by atomic mass is 10.1. The first-order valence-electron chi connectivity index (χ1n) is 8.94. The standard InChI is InChI=1S/C20H24N2O3S/c23-19(24)14-18-20(25)21(10-4-8-16-6-2-1-3-7-16)11-12-22(18)15-17-9-5-13-26-17/h1-3,5-7,9,13,18H,4,8,10-12,14-15H2,(H,23,24). The van der Waals surface area contributed by atoms with Crippen molar-refractivity contribution in [2.45, 2.75) is 31.8 Å². The van der Waals surface area contributed by atoms with E-state index in [0.29, 0.717) is 26.2 Å². The Labute approximate surface area is 157 Å². The first kappa shape index (κ1) is 18.6. The monoisotopic (exact) mass is 372 g/mol. The summed E-state index contributed by atoms with van der Waals surface area (Å²) in [5.41, 5.74) is 1.26. The molecule has 1 N–H and O–H groups in total. The number of carboxylic acid groups (broad SMARTS) is 1. The minimum atomic E-state index is -0.925. The van der Waals surface area contributed by atoms with Crippen LogP contribution >= 0.6 is 11.3 Å². The minimum absolute atomic E-state index is 0.0525. The highest BCUT2D eigenvalue weighted by molar-refractivity contribution is 7.09. The van der Waals surface area contributed by atoms with E-state index >= 15 is 0 Å². The molecule has 1 unspecified atom stereocenters. The molecule has 0 saturated carbocycles. The molecular formula is C20H24N2O3S. The topological polar surface area (TPSA) is 60.9 Å². The minimum Gasteiger partial charge on any atom is -0.481 e. The summed E-state index contributed by atoms with van der Waals surface area (Å²) in [6.07, 6.45) is 1.67. The average Bonchev–Trinajstić information content (AvgIpc) is 3.14. The molecular weight excluding hydrogens is 348 g/mol. The van der Waals surface area contributed by atoms with Crippen LogP contribution in [0.3, 0.4) is 0 Å². The summed E-state index contributed by atoms with van der Waals surface area (Å²) < 4.78 is 0. The molecule has 0 radical (unpaired) electrons. The van der Waals surface area contributed by atoms with E-state index in [9.17, 15) is 14.7 Å². The summed E-state index contributed by atoms with van der Waals surface area (Å²) in [4.78, 5) is 29.1. The fourth-order valence-corrected chi connectivity index (χ4v) is 4.13. The van der Waals surface area contributed by atoms with Gasteiger partial charge >= 0.3 is 5.97 Å². The average molecular weight is 372 g/mol. The molecule has 2 aromatic rings. The largest absolute Gasteiger partial charge is 0.481 e. The summed E-state index contributed by atoms with van der Waals surface area (Å²) >= 11 is 1.64. The Morgan fingerprint density at radius 1 is 1.15 bits per heavy atom. The van der Waals surface area contributed by atoms with Gasteiger partial charge < -0.3 is 10.0 Å². The van der Waals surface area contributed by atoms with E-state index in [-0.39, 0.29) is 12.3 Å². The van der Waals surface area contributed by atoms with Gasteiger partial charge in [0.1, 0.15) is 6.04 Å². The van der Waals surface area contributed by atoms with Crippen molar-refractivity contribution < 1.29 is 14.7 Å². The van der Waals surface area contributed by atoms with E-state index in [1.165, 1.54) is 5.56 Å². The Bertz CT molecular complexity index is 718. The molecule has 3 rings (SSSR count). The van der Waals surface area contributed by atoms with Gasteiger partial charge in [0.2, 0.25) is 5.91 Å². The number of hydrogen-bond acceptors (Lipinski definition) is 4. The van der Waals surface area contributed by atoms with Gasteiger partial charge in [-0.25, -0.2) is 0 Å². The maximum atomic E-state index is 12.9. The summed E-state index contributed by atoms with van der Waals surface area (Å²) in [5.74, 6) is -0.978. The van der Waals surface area contributed by atoms with Crippen LogP contribution < -0.4 is 0 Å². The SMILES string of the molecule is O=C(O)CC1C(=O)N(CCCc2ccccc2)CCN1Cc1cccs1. The van der Waals surface area contributed by atoms with E-state index in [2.05, 4.69) is 12.1 Å². The number of nitrogens with zero attached hydrogens (tertiary/aromatic N) is 2. The Balaban J connectivity index is 1.59. The van der Waals surface area contributed by atoms with Crippen molar-refractivity contribution in [3.63, 3.8) is 0 Å². The smallest absolute Gasteiger partial charge is 0.305 e. The van der Waals surface area contributed by atoms with Crippen LogP contribution in [0.5, 0.6) is 0 Å². The summed E-state index contributed by atoms with van der Waals surface area (Å²) in [5, 5.41) is 11.2. The van der Waals surface area contributed by atoms with Crippen molar-refractivity contribution in [2.75, 3.05) is 19.6 Å². The highest BCUT2D eigenvalue weighted by Gasteiger charge is 2.35. The molecule has 5 nitrogen and oxygen atoms in total. The number of hydrogen-bond donors (Lipinski definition) is 1. The van der Waals surface area contributed by atoms with Gasteiger partial charge in [-0.1, -0.05) is 36.4 Å². The Hall–Kier alpha value is -2.18. The van der Waals surface area contributed by atoms with Gasteiger partial charge in [-0.15, -0.1) is 11.3 Å². The molecule has 1 amide bonds. The third kappa shape index (κ3) is 4.93. The van der Waals surface area contributed by atoms with Gasteiger partial charge in [0.25, 0.3) is 0 Å². The lowest BCUT2D eigenvalue weighted by molar-refractivity contribution is -0.149.